The fourth-order valence-electron chi connectivity index (χ4n) is 11.2. The highest BCUT2D eigenvalue weighted by molar-refractivity contribution is 7.22. The van der Waals surface area contributed by atoms with Gasteiger partial charge in [-0.1, -0.05) is 59.6 Å². The second kappa shape index (κ2) is 15.3. The van der Waals surface area contributed by atoms with Crippen LogP contribution in [0.25, 0.3) is 31.4 Å². The average molecular weight is 914 g/mol. The molecule has 330 valence electrons. The number of halogens is 1. The first-order valence-corrected chi connectivity index (χ1v) is 23.1. The fraction of sp³-hybridized carbons (Fsp3) is 0.250. The number of hydrogen-bond acceptors (Lipinski definition) is 10. The van der Waals surface area contributed by atoms with Crippen molar-refractivity contribution in [2.45, 2.75) is 32.6 Å². The number of thiophene rings is 1. The summed E-state index contributed by atoms with van der Waals surface area (Å²) in [5.74, 6) is -4.87. The summed E-state index contributed by atoms with van der Waals surface area (Å²) >= 11 is 7.93. The van der Waals surface area contributed by atoms with E-state index in [4.69, 9.17) is 16.7 Å². The van der Waals surface area contributed by atoms with Gasteiger partial charge in [-0.2, -0.15) is 15.3 Å². The number of rotatable bonds is 7. The number of aryl methyl sites for hydroxylation is 2. The van der Waals surface area contributed by atoms with Crippen molar-refractivity contribution in [1.29, 1.82) is 0 Å². The van der Waals surface area contributed by atoms with Crippen molar-refractivity contribution >= 4 is 96.0 Å². The van der Waals surface area contributed by atoms with Gasteiger partial charge in [-0.15, -0.1) is 11.3 Å². The molecule has 1 N–H and O–H groups in total. The summed E-state index contributed by atoms with van der Waals surface area (Å²) < 4.78 is 2.61. The number of amides is 4. The van der Waals surface area contributed by atoms with E-state index in [0.29, 0.717) is 44.5 Å². The fourth-order valence-corrected chi connectivity index (χ4v) is 12.5. The first-order valence-electron chi connectivity index (χ1n) is 21.9. The zero-order valence-corrected chi connectivity index (χ0v) is 38.3. The normalized spacial score (nSPS) is 23.8. The van der Waals surface area contributed by atoms with Crippen molar-refractivity contribution in [3.05, 3.63) is 137 Å². The van der Waals surface area contributed by atoms with Crippen LogP contribution in [0.3, 0.4) is 0 Å². The highest BCUT2D eigenvalue weighted by Gasteiger charge is 2.68. The lowest BCUT2D eigenvalue weighted by Crippen LogP contribution is -2.49. The minimum absolute atomic E-state index is 0.0156. The predicted octanol–water partition coefficient (Wildman–Crippen LogP) is 11.0. The van der Waals surface area contributed by atoms with Gasteiger partial charge < -0.3 is 10.0 Å². The number of aromatic hydroxyl groups is 1. The molecule has 2 saturated heterocycles. The van der Waals surface area contributed by atoms with Crippen LogP contribution in [-0.2, 0) is 26.2 Å². The van der Waals surface area contributed by atoms with Crippen LogP contribution in [0.1, 0.15) is 36.8 Å². The van der Waals surface area contributed by atoms with E-state index in [0.717, 1.165) is 37.2 Å². The van der Waals surface area contributed by atoms with E-state index in [1.807, 2.05) is 118 Å². The van der Waals surface area contributed by atoms with Gasteiger partial charge in [-0.3, -0.25) is 28.8 Å². The minimum atomic E-state index is -1.37. The molecular weight excluding hydrogens is 870 g/mol. The third kappa shape index (κ3) is 6.20. The molecule has 0 bridgehead atoms. The first kappa shape index (κ1) is 41.7. The number of carbonyl (C=O) groups is 4. The van der Waals surface area contributed by atoms with Crippen molar-refractivity contribution in [2.24, 2.45) is 46.4 Å². The Morgan fingerprint density at radius 1 is 0.818 bits per heavy atom. The van der Waals surface area contributed by atoms with Crippen LogP contribution in [0.15, 0.2) is 131 Å². The monoisotopic (exact) mass is 913 g/mol. The molecule has 12 nitrogen and oxygen atoms in total. The number of phenolic OH excluding ortho intramolecular Hbond substituents is 1. The van der Waals surface area contributed by atoms with E-state index in [9.17, 15) is 14.7 Å². The molecule has 2 aromatic heterocycles. The number of benzene rings is 5. The van der Waals surface area contributed by atoms with Gasteiger partial charge in [-0.05, 0) is 116 Å². The van der Waals surface area contributed by atoms with Crippen molar-refractivity contribution < 1.29 is 24.3 Å². The number of phenols is 1. The van der Waals surface area contributed by atoms with Crippen molar-refractivity contribution in [3.63, 3.8) is 0 Å². The van der Waals surface area contributed by atoms with Crippen molar-refractivity contribution in [2.75, 3.05) is 28.8 Å². The summed E-state index contributed by atoms with van der Waals surface area (Å²) in [4.78, 5) is 65.3. The van der Waals surface area contributed by atoms with Crippen LogP contribution in [0.5, 0.6) is 5.75 Å². The Balaban J connectivity index is 0.960. The smallest absolute Gasteiger partial charge is 0.242 e. The number of anilines is 3. The van der Waals surface area contributed by atoms with Gasteiger partial charge in [0.1, 0.15) is 17.3 Å². The molecular formula is C52H44ClN7O5S. The first-order chi connectivity index (χ1) is 31.7. The Hall–Kier alpha value is -6.96. The molecule has 7 aromatic rings. The molecule has 2 aliphatic carbocycles. The number of azo groups is 1. The highest BCUT2D eigenvalue weighted by atomic mass is 35.5. The number of allylic oxidation sites excluding steroid dienone is 2. The molecule has 6 unspecified atom stereocenters. The molecule has 0 spiro atoms. The largest absolute Gasteiger partial charge is 0.507 e. The molecule has 4 amide bonds. The quantitative estimate of drug-likeness (QED) is 0.0953. The van der Waals surface area contributed by atoms with Gasteiger partial charge in [0.2, 0.25) is 23.6 Å². The van der Waals surface area contributed by atoms with Crippen LogP contribution in [0.2, 0.25) is 5.02 Å². The Morgan fingerprint density at radius 3 is 2.26 bits per heavy atom. The zero-order valence-electron chi connectivity index (χ0n) is 36.8. The zero-order chi connectivity index (χ0) is 45.9. The summed E-state index contributed by atoms with van der Waals surface area (Å²) in [6.45, 7) is 3.83. The molecule has 2 aliphatic heterocycles. The third-order valence-corrected chi connectivity index (χ3v) is 16.0. The molecule has 4 aliphatic rings. The molecule has 11 rings (SSSR count). The Kier molecular flexibility index (Phi) is 9.68. The third-order valence-electron chi connectivity index (χ3n) is 14.5. The van der Waals surface area contributed by atoms with Gasteiger partial charge in [0.05, 0.1) is 45.1 Å². The molecule has 4 heterocycles. The van der Waals surface area contributed by atoms with E-state index in [1.165, 1.54) is 9.80 Å². The average Bonchev–Trinajstić information content (AvgIpc) is 3.99. The van der Waals surface area contributed by atoms with E-state index in [2.05, 4.69) is 10.2 Å². The number of carbonyl (C=O) groups excluding carboxylic acids is 4. The van der Waals surface area contributed by atoms with Gasteiger partial charge in [-0.25, -0.2) is 4.90 Å². The lowest BCUT2D eigenvalue weighted by Gasteiger charge is -2.49. The maximum absolute atomic E-state index is 15.4. The topological polar surface area (TPSA) is 141 Å². The summed E-state index contributed by atoms with van der Waals surface area (Å²) in [7, 11) is 5.66. The molecule has 1 saturated carbocycles. The van der Waals surface area contributed by atoms with Crippen LogP contribution in [0.4, 0.5) is 28.6 Å². The summed E-state index contributed by atoms with van der Waals surface area (Å²) in [5, 5.41) is 28.8. The number of nitrogens with zero attached hydrogens (tertiary/aromatic N) is 7. The van der Waals surface area contributed by atoms with E-state index in [1.54, 1.807) is 53.4 Å². The van der Waals surface area contributed by atoms with Crippen molar-refractivity contribution in [1.82, 2.24) is 9.78 Å². The van der Waals surface area contributed by atoms with E-state index < -0.39 is 46.8 Å². The molecule has 66 heavy (non-hydrogen) atoms. The SMILES string of the molecule is Cc1c(-c2cc(N3C(=O)C4CC5C(=CCC6C(=O)N(c7ccc(N=Nc8ccc(N(C)C)cc8)cc7)C(=O)C65)C(c5ccc6ccccc6c5O)C4(C)C3=O)n(C)n2)sc2ccc(Cl)cc12. The van der Waals surface area contributed by atoms with Gasteiger partial charge >= 0.3 is 0 Å². The number of aromatic nitrogens is 2. The van der Waals surface area contributed by atoms with Crippen LogP contribution < -0.4 is 14.7 Å². The van der Waals surface area contributed by atoms with E-state index >= 15 is 9.59 Å². The van der Waals surface area contributed by atoms with E-state index in [-0.39, 0.29) is 30.4 Å². The van der Waals surface area contributed by atoms with Gasteiger partial charge in [0, 0.05) is 59.5 Å². The standard InChI is InChI=1S/C52H44ClN7O5S/c1-27-38-24-29(53)11-23-42(38)66-47(27)41-26-43(58(5)56-41)60-49(63)40-25-39-35(45(52(40,2)51(60)65)37-20-10-28-8-6-7-9-34(28)46(37)61)21-22-36-44(39)50(64)59(48(36)62)33-18-14-31(15-19-33)55-54-30-12-16-32(17-13-30)57(3)4/h6-21,23-24,26,36,39-40,44-45,61H,22,25H2,1-5H3. The number of imide groups is 2. The molecule has 5 aromatic carbocycles. The number of fused-ring (bicyclic) bond motifs is 6. The Labute approximate surface area is 389 Å². The molecule has 0 radical (unpaired) electrons. The highest BCUT2D eigenvalue weighted by Crippen LogP contribution is 2.65. The maximum Gasteiger partial charge on any atom is 0.242 e. The maximum atomic E-state index is 15.4. The lowest BCUT2D eigenvalue weighted by molar-refractivity contribution is -0.131. The molecule has 6 atom stereocenters. The predicted molar refractivity (Wildman–Crippen MR) is 258 cm³/mol. The number of hydrogen-bond donors (Lipinski definition) is 1. The van der Waals surface area contributed by atoms with Crippen molar-refractivity contribution in [3.8, 4) is 16.3 Å². The second-order valence-electron chi connectivity index (χ2n) is 18.2. The minimum Gasteiger partial charge on any atom is -0.507 e. The summed E-state index contributed by atoms with van der Waals surface area (Å²) in [5.41, 5.74) is 4.22. The molecule has 14 heteroatoms. The van der Waals surface area contributed by atoms with Crippen LogP contribution in [-0.4, -0.2) is 52.6 Å². The van der Waals surface area contributed by atoms with Gasteiger partial charge in [0.25, 0.3) is 0 Å². The molecule has 3 fully saturated rings. The summed E-state index contributed by atoms with van der Waals surface area (Å²) in [6, 6.07) is 33.3. The second-order valence-corrected chi connectivity index (χ2v) is 19.7. The van der Waals surface area contributed by atoms with Crippen LogP contribution in [0, 0.1) is 36.0 Å². The van der Waals surface area contributed by atoms with Gasteiger partial charge in [0.15, 0.2) is 0 Å². The Bertz CT molecular complexity index is 3280. The lowest BCUT2D eigenvalue weighted by atomic mass is 9.51. The Morgan fingerprint density at radius 2 is 1.53 bits per heavy atom. The summed E-state index contributed by atoms with van der Waals surface area (Å²) in [6.07, 6.45) is 2.42. The van der Waals surface area contributed by atoms with Crippen LogP contribution >= 0.6 is 22.9 Å².